The molecule has 0 amide bonds. The quantitative estimate of drug-likeness (QED) is 0.341. The van der Waals surface area contributed by atoms with Crippen LogP contribution >= 0.6 is 0 Å². The normalized spacial score (nSPS) is 51.0. The molecule has 5 nitrogen and oxygen atoms in total. The van der Waals surface area contributed by atoms with E-state index in [-0.39, 0.29) is 39.1 Å². The van der Waals surface area contributed by atoms with Gasteiger partial charge in [0.15, 0.2) is 5.79 Å². The third-order valence-corrected chi connectivity index (χ3v) is 14.7. The van der Waals surface area contributed by atoms with E-state index in [4.69, 9.17) is 9.47 Å². The predicted octanol–water partition coefficient (Wildman–Crippen LogP) is 7.61. The highest BCUT2D eigenvalue weighted by atomic mass is 16.6. The minimum absolute atomic E-state index is 0.0120. The van der Waals surface area contributed by atoms with Gasteiger partial charge in [0.1, 0.15) is 5.41 Å². The number of fused-ring (bicyclic) bond motifs is 7. The Morgan fingerprint density at radius 1 is 1.05 bits per heavy atom. The number of aliphatic carboxylic acids is 1. The molecule has 2 aliphatic heterocycles. The van der Waals surface area contributed by atoms with Crippen LogP contribution in [0.15, 0.2) is 11.6 Å². The fourth-order valence-electron chi connectivity index (χ4n) is 11.8. The van der Waals surface area contributed by atoms with Gasteiger partial charge in [0, 0.05) is 23.9 Å². The van der Waals surface area contributed by atoms with E-state index < -0.39 is 17.2 Å². The molecule has 2 saturated heterocycles. The van der Waals surface area contributed by atoms with E-state index in [0.29, 0.717) is 37.4 Å². The SMILES string of the molecule is CCC(C)CO[C@@H]1CC(C)(C)C[C@H]2C3=CC[C@@H]4[C@]56CCC(O)(OC5)C(C)(C)[C@@H]6CC[C@@]4(C)[C@]3(C)CC[C@@]12C(=O)O. The number of carbonyl (C=O) groups is 1. The molecule has 2 heterocycles. The van der Waals surface area contributed by atoms with Crippen LogP contribution in [0.1, 0.15) is 120 Å². The molecule has 0 aromatic heterocycles. The fraction of sp³-hybridized carbons (Fsp3) is 0.914. The highest BCUT2D eigenvalue weighted by Crippen LogP contribution is 2.78. The lowest BCUT2D eigenvalue weighted by Crippen LogP contribution is -2.73. The summed E-state index contributed by atoms with van der Waals surface area (Å²) in [6.07, 6.45) is 11.7. The van der Waals surface area contributed by atoms with Crippen LogP contribution in [0.4, 0.5) is 0 Å². The van der Waals surface area contributed by atoms with Gasteiger partial charge in [0.25, 0.3) is 0 Å². The molecule has 0 aromatic carbocycles. The van der Waals surface area contributed by atoms with Crippen molar-refractivity contribution in [3.05, 3.63) is 11.6 Å². The van der Waals surface area contributed by atoms with Gasteiger partial charge in [0.2, 0.25) is 0 Å². The standard InChI is InChI=1S/C35H56O5/c1-9-22(2)20-39-27-19-29(3,4)18-24-23-10-11-26-32(8,31(23,7)14-16-34(24,27)28(36)37)13-12-25-30(5,6)35(38)17-15-33(25,26)21-40-35/h10,22,24-27,38H,9,11-21H2,1-8H3,(H,36,37)/t22?,24-,25-,26-,27+,31+,32+,33+,34-,35?/m0/s1. The largest absolute Gasteiger partial charge is 0.481 e. The molecular formula is C35H56O5. The molecule has 0 radical (unpaired) electrons. The second-order valence-corrected chi connectivity index (χ2v) is 17.1. The molecule has 7 aliphatic rings. The van der Waals surface area contributed by atoms with E-state index in [0.717, 1.165) is 57.8 Å². The lowest BCUT2D eigenvalue weighted by atomic mass is 9.32. The average molecular weight is 557 g/mol. The summed E-state index contributed by atoms with van der Waals surface area (Å²) >= 11 is 0. The monoisotopic (exact) mass is 556 g/mol. The molecule has 2 unspecified atom stereocenters. The molecular weight excluding hydrogens is 500 g/mol. The van der Waals surface area contributed by atoms with E-state index in [2.05, 4.69) is 61.5 Å². The second kappa shape index (κ2) is 8.82. The van der Waals surface area contributed by atoms with Crippen molar-refractivity contribution in [3.63, 3.8) is 0 Å². The van der Waals surface area contributed by atoms with Gasteiger partial charge in [-0.2, -0.15) is 0 Å². The smallest absolute Gasteiger partial charge is 0.312 e. The van der Waals surface area contributed by atoms with Gasteiger partial charge in [0.05, 0.1) is 12.7 Å². The van der Waals surface area contributed by atoms with Gasteiger partial charge in [-0.05, 0) is 91.3 Å². The van der Waals surface area contributed by atoms with E-state index in [1.165, 1.54) is 5.57 Å². The topological polar surface area (TPSA) is 76.0 Å². The van der Waals surface area contributed by atoms with Crippen molar-refractivity contribution in [1.82, 2.24) is 0 Å². The Morgan fingerprint density at radius 3 is 2.40 bits per heavy atom. The van der Waals surface area contributed by atoms with E-state index in [9.17, 15) is 15.0 Å². The first-order valence-corrected chi connectivity index (χ1v) is 16.4. The number of allylic oxidation sites excluding steroid dienone is 2. The van der Waals surface area contributed by atoms with E-state index >= 15 is 0 Å². The van der Waals surface area contributed by atoms with Crippen LogP contribution in [-0.2, 0) is 14.3 Å². The van der Waals surface area contributed by atoms with Gasteiger partial charge in [-0.3, -0.25) is 4.79 Å². The summed E-state index contributed by atoms with van der Waals surface area (Å²) < 4.78 is 13.0. The molecule has 5 aliphatic carbocycles. The predicted molar refractivity (Wildman–Crippen MR) is 156 cm³/mol. The number of hydrogen-bond acceptors (Lipinski definition) is 4. The first-order chi connectivity index (χ1) is 18.5. The zero-order valence-electron chi connectivity index (χ0n) is 26.6. The number of carboxylic acids is 1. The number of carboxylic acid groups (broad SMARTS) is 1. The zero-order chi connectivity index (χ0) is 29.1. The Hall–Kier alpha value is -0.910. The summed E-state index contributed by atoms with van der Waals surface area (Å²) in [6, 6.07) is 0. The van der Waals surface area contributed by atoms with Crippen molar-refractivity contribution in [2.75, 3.05) is 13.2 Å². The maximum atomic E-state index is 13.4. The summed E-state index contributed by atoms with van der Waals surface area (Å²) in [6.45, 7) is 19.9. The van der Waals surface area contributed by atoms with Crippen LogP contribution < -0.4 is 0 Å². The van der Waals surface area contributed by atoms with Crippen molar-refractivity contribution in [1.29, 1.82) is 0 Å². The van der Waals surface area contributed by atoms with Crippen LogP contribution in [0.25, 0.3) is 0 Å². The molecule has 0 aromatic rings. The van der Waals surface area contributed by atoms with Gasteiger partial charge in [-0.1, -0.05) is 73.5 Å². The lowest BCUT2D eigenvalue weighted by molar-refractivity contribution is -0.395. The summed E-state index contributed by atoms with van der Waals surface area (Å²) in [4.78, 5) is 13.4. The van der Waals surface area contributed by atoms with Crippen molar-refractivity contribution in [2.24, 2.45) is 56.2 Å². The Labute approximate surface area is 242 Å². The van der Waals surface area contributed by atoms with Gasteiger partial charge < -0.3 is 19.7 Å². The summed E-state index contributed by atoms with van der Waals surface area (Å²) in [7, 11) is 0. The molecule has 226 valence electrons. The van der Waals surface area contributed by atoms with Crippen molar-refractivity contribution < 1.29 is 24.5 Å². The Balaban J connectivity index is 1.42. The number of rotatable bonds is 5. The van der Waals surface area contributed by atoms with Crippen LogP contribution in [-0.4, -0.2) is 41.3 Å². The second-order valence-electron chi connectivity index (χ2n) is 17.1. The van der Waals surface area contributed by atoms with Crippen LogP contribution in [0.2, 0.25) is 0 Å². The maximum absolute atomic E-state index is 13.4. The van der Waals surface area contributed by atoms with Crippen LogP contribution in [0.3, 0.4) is 0 Å². The first-order valence-electron chi connectivity index (χ1n) is 16.4. The van der Waals surface area contributed by atoms with Gasteiger partial charge in [-0.15, -0.1) is 0 Å². The molecule has 40 heavy (non-hydrogen) atoms. The maximum Gasteiger partial charge on any atom is 0.312 e. The van der Waals surface area contributed by atoms with E-state index in [1.807, 2.05) is 0 Å². The minimum atomic E-state index is -1.00. The summed E-state index contributed by atoms with van der Waals surface area (Å²) in [5.41, 5.74) is 0.497. The summed E-state index contributed by atoms with van der Waals surface area (Å²) in [5.74, 6) is -0.259. The number of aliphatic hydroxyl groups is 1. The molecule has 7 rings (SSSR count). The molecule has 10 atom stereocenters. The molecule has 6 fully saturated rings. The van der Waals surface area contributed by atoms with Gasteiger partial charge >= 0.3 is 5.97 Å². The molecule has 5 heteroatoms. The minimum Gasteiger partial charge on any atom is -0.481 e. The Kier molecular flexibility index (Phi) is 6.43. The first kappa shape index (κ1) is 29.2. The molecule has 4 saturated carbocycles. The molecule has 2 N–H and O–H groups in total. The van der Waals surface area contributed by atoms with Crippen LogP contribution in [0, 0.1) is 56.2 Å². The van der Waals surface area contributed by atoms with Gasteiger partial charge in [-0.25, -0.2) is 0 Å². The van der Waals surface area contributed by atoms with E-state index in [1.54, 1.807) is 0 Å². The zero-order valence-corrected chi connectivity index (χ0v) is 26.6. The average Bonchev–Trinajstić information content (AvgIpc) is 2.87. The molecule has 2 bridgehead atoms. The Bertz CT molecular complexity index is 1080. The van der Waals surface area contributed by atoms with Crippen LogP contribution in [0.5, 0.6) is 0 Å². The highest BCUT2D eigenvalue weighted by molar-refractivity contribution is 5.77. The van der Waals surface area contributed by atoms with Crippen molar-refractivity contribution in [2.45, 2.75) is 131 Å². The fourth-order valence-corrected chi connectivity index (χ4v) is 11.8. The Morgan fingerprint density at radius 2 is 1.77 bits per heavy atom. The summed E-state index contributed by atoms with van der Waals surface area (Å²) in [5, 5.41) is 22.5. The lowest BCUT2D eigenvalue weighted by Gasteiger charge is -2.74. The van der Waals surface area contributed by atoms with Crippen molar-refractivity contribution in [3.8, 4) is 0 Å². The molecule has 1 spiro atoms. The highest BCUT2D eigenvalue weighted by Gasteiger charge is 2.75. The third kappa shape index (κ3) is 3.46. The number of ether oxygens (including phenoxy) is 2. The van der Waals surface area contributed by atoms with Crippen molar-refractivity contribution >= 4 is 5.97 Å². The number of hydrogen-bond donors (Lipinski definition) is 2. The third-order valence-electron chi connectivity index (χ3n) is 14.7.